The van der Waals surface area contributed by atoms with Crippen molar-refractivity contribution in [2.24, 2.45) is 13.0 Å². The second-order valence-corrected chi connectivity index (χ2v) is 8.87. The van der Waals surface area contributed by atoms with E-state index >= 15 is 0 Å². The van der Waals surface area contributed by atoms with Crippen LogP contribution in [0.25, 0.3) is 10.2 Å². The van der Waals surface area contributed by atoms with Crippen LogP contribution < -0.4 is 11.0 Å². The van der Waals surface area contributed by atoms with E-state index in [1.165, 1.54) is 25.3 Å². The van der Waals surface area contributed by atoms with Crippen LogP contribution in [0.4, 0.5) is 13.2 Å². The summed E-state index contributed by atoms with van der Waals surface area (Å²) in [5, 5.41) is 2.91. The summed E-state index contributed by atoms with van der Waals surface area (Å²) in [6.07, 6.45) is -2.25. The Labute approximate surface area is 177 Å². The number of thiophene rings is 1. The van der Waals surface area contributed by atoms with E-state index in [0.29, 0.717) is 16.1 Å². The highest BCUT2D eigenvalue weighted by molar-refractivity contribution is 7.18. The second kappa shape index (κ2) is 7.09. The fraction of sp³-hybridized carbons (Fsp3) is 0.444. The van der Waals surface area contributed by atoms with E-state index in [0.717, 1.165) is 39.1 Å². The molecule has 3 aromatic heterocycles. The van der Waals surface area contributed by atoms with Gasteiger partial charge in [-0.15, -0.1) is 11.3 Å². The normalized spacial score (nSPS) is 16.7. The molecule has 0 spiro atoms. The quantitative estimate of drug-likeness (QED) is 0.633. The Hall–Kier alpha value is -2.40. The van der Waals surface area contributed by atoms with Gasteiger partial charge >= 0.3 is 6.18 Å². The molecule has 12 heteroatoms. The lowest BCUT2D eigenvalue weighted by atomic mass is 9.89. The van der Waals surface area contributed by atoms with Gasteiger partial charge in [-0.25, -0.2) is 9.66 Å². The topological polar surface area (TPSA) is 81.8 Å². The highest BCUT2D eigenvalue weighted by Gasteiger charge is 2.40. The molecular formula is C18H17ClF3N5O2S. The van der Waals surface area contributed by atoms with Crippen molar-refractivity contribution in [3.63, 3.8) is 0 Å². The zero-order chi connectivity index (χ0) is 22.0. The molecule has 1 amide bonds. The molecule has 3 heterocycles. The van der Waals surface area contributed by atoms with Crippen LogP contribution in [0.15, 0.2) is 4.79 Å². The fourth-order valence-corrected chi connectivity index (χ4v) is 5.48. The van der Waals surface area contributed by atoms with Crippen LogP contribution in [0.1, 0.15) is 45.8 Å². The number of halogens is 4. The summed E-state index contributed by atoms with van der Waals surface area (Å²) in [7, 11) is 1.17. The third kappa shape index (κ3) is 3.29. The molecule has 0 unspecified atom stereocenters. The van der Waals surface area contributed by atoms with Gasteiger partial charge in [0.1, 0.15) is 21.4 Å². The van der Waals surface area contributed by atoms with Gasteiger partial charge in [0.2, 0.25) is 0 Å². The van der Waals surface area contributed by atoms with Gasteiger partial charge in [0, 0.05) is 11.9 Å². The molecule has 7 nitrogen and oxygen atoms in total. The van der Waals surface area contributed by atoms with E-state index in [2.05, 4.69) is 22.4 Å². The highest BCUT2D eigenvalue weighted by atomic mass is 35.5. The Bertz CT molecular complexity index is 1240. The van der Waals surface area contributed by atoms with E-state index in [4.69, 9.17) is 11.6 Å². The first-order valence-electron chi connectivity index (χ1n) is 9.14. The number of aryl methyl sites for hydroxylation is 3. The molecule has 4 rings (SSSR count). The molecule has 1 aliphatic rings. The van der Waals surface area contributed by atoms with Crippen molar-refractivity contribution >= 4 is 39.1 Å². The van der Waals surface area contributed by atoms with Crippen molar-refractivity contribution in [2.45, 2.75) is 39.3 Å². The van der Waals surface area contributed by atoms with Crippen LogP contribution in [-0.4, -0.2) is 25.3 Å². The number of carbonyl (C=O) groups is 1. The average molecular weight is 460 g/mol. The Morgan fingerprint density at radius 2 is 2.07 bits per heavy atom. The number of alkyl halides is 3. The number of fused-ring (bicyclic) bond motifs is 3. The van der Waals surface area contributed by atoms with Crippen molar-refractivity contribution in [1.82, 2.24) is 19.4 Å². The number of hydrogen-bond acceptors (Lipinski definition) is 5. The van der Waals surface area contributed by atoms with Crippen molar-refractivity contribution in [3.8, 4) is 0 Å². The van der Waals surface area contributed by atoms with E-state index in [1.54, 1.807) is 0 Å². The Morgan fingerprint density at radius 1 is 1.37 bits per heavy atom. The smallest absolute Gasteiger partial charge is 0.267 e. The molecule has 0 aliphatic heterocycles. The lowest BCUT2D eigenvalue weighted by Crippen LogP contribution is -2.36. The molecule has 1 N–H and O–H groups in total. The van der Waals surface area contributed by atoms with E-state index in [9.17, 15) is 22.8 Å². The maximum Gasteiger partial charge on any atom is 0.436 e. The number of nitrogens with zero attached hydrogens (tertiary/aromatic N) is 4. The lowest BCUT2D eigenvalue weighted by molar-refractivity contribution is -0.141. The molecule has 3 aromatic rings. The Kier molecular flexibility index (Phi) is 4.93. The molecule has 0 bridgehead atoms. The maximum absolute atomic E-state index is 13.1. The summed E-state index contributed by atoms with van der Waals surface area (Å²) in [5.74, 6) is -0.264. The maximum atomic E-state index is 13.1. The zero-order valence-corrected chi connectivity index (χ0v) is 17.8. The molecule has 0 radical (unpaired) electrons. The van der Waals surface area contributed by atoms with Crippen LogP contribution in [0.2, 0.25) is 5.02 Å². The summed E-state index contributed by atoms with van der Waals surface area (Å²) in [4.78, 5) is 32.0. The fourth-order valence-electron chi connectivity index (χ4n) is 3.70. The summed E-state index contributed by atoms with van der Waals surface area (Å²) in [6.45, 7) is 3.69. The van der Waals surface area contributed by atoms with Crippen LogP contribution in [0.5, 0.6) is 0 Å². The van der Waals surface area contributed by atoms with E-state index < -0.39 is 34.1 Å². The van der Waals surface area contributed by atoms with Gasteiger partial charge in [-0.1, -0.05) is 18.5 Å². The van der Waals surface area contributed by atoms with Crippen molar-refractivity contribution in [1.29, 1.82) is 0 Å². The molecule has 0 saturated carbocycles. The molecule has 0 fully saturated rings. The minimum atomic E-state index is -4.81. The predicted molar refractivity (Wildman–Crippen MR) is 107 cm³/mol. The van der Waals surface area contributed by atoms with Gasteiger partial charge < -0.3 is 0 Å². The average Bonchev–Trinajstić information content (AvgIpc) is 3.14. The number of nitrogens with one attached hydrogen (secondary N) is 1. The zero-order valence-electron chi connectivity index (χ0n) is 16.2. The highest BCUT2D eigenvalue weighted by Crippen LogP contribution is 2.36. The molecule has 160 valence electrons. The second-order valence-electron chi connectivity index (χ2n) is 7.40. The van der Waals surface area contributed by atoms with Crippen LogP contribution in [0.3, 0.4) is 0 Å². The van der Waals surface area contributed by atoms with Gasteiger partial charge in [-0.3, -0.25) is 19.7 Å². The largest absolute Gasteiger partial charge is 0.436 e. The van der Waals surface area contributed by atoms with Crippen molar-refractivity contribution < 1.29 is 18.0 Å². The van der Waals surface area contributed by atoms with Crippen LogP contribution >= 0.6 is 22.9 Å². The molecule has 1 atom stereocenters. The first-order valence-corrected chi connectivity index (χ1v) is 10.3. The summed E-state index contributed by atoms with van der Waals surface area (Å²) >= 11 is 7.24. The van der Waals surface area contributed by atoms with Crippen LogP contribution in [0, 0.1) is 12.8 Å². The number of carbonyl (C=O) groups excluding carboxylic acids is 1. The van der Waals surface area contributed by atoms with Gasteiger partial charge in [-0.05, 0) is 37.7 Å². The van der Waals surface area contributed by atoms with E-state index in [-0.39, 0.29) is 5.82 Å². The minimum absolute atomic E-state index is 0.210. The van der Waals surface area contributed by atoms with Gasteiger partial charge in [0.15, 0.2) is 5.69 Å². The number of aromatic nitrogens is 4. The Morgan fingerprint density at radius 3 is 2.70 bits per heavy atom. The SMILES string of the molecule is Cc1nc2sc3c(c2c(=O)n1NC(=O)c1c(Cl)c(C(F)(F)F)nn1C)CC[C@@H](C)C3. The molecule has 1 aliphatic carbocycles. The monoisotopic (exact) mass is 459 g/mol. The molecule has 0 saturated heterocycles. The third-order valence-corrected chi connectivity index (χ3v) is 6.69. The number of hydrogen-bond donors (Lipinski definition) is 1. The molecular weight excluding hydrogens is 443 g/mol. The predicted octanol–water partition coefficient (Wildman–Crippen LogP) is 3.68. The van der Waals surface area contributed by atoms with Crippen molar-refractivity contribution in [3.05, 3.63) is 43.0 Å². The van der Waals surface area contributed by atoms with Gasteiger partial charge in [0.25, 0.3) is 11.5 Å². The first kappa shape index (κ1) is 20.9. The minimum Gasteiger partial charge on any atom is -0.267 e. The Balaban J connectivity index is 1.77. The molecule has 0 aromatic carbocycles. The first-order chi connectivity index (χ1) is 14.0. The van der Waals surface area contributed by atoms with Crippen LogP contribution in [-0.2, 0) is 26.1 Å². The summed E-state index contributed by atoms with van der Waals surface area (Å²) in [6, 6.07) is 0. The molecule has 30 heavy (non-hydrogen) atoms. The van der Waals surface area contributed by atoms with E-state index in [1.807, 2.05) is 0 Å². The number of rotatable bonds is 2. The van der Waals surface area contributed by atoms with Gasteiger partial charge in [0.05, 0.1) is 5.39 Å². The lowest BCUT2D eigenvalue weighted by Gasteiger charge is -2.17. The number of amides is 1. The summed E-state index contributed by atoms with van der Waals surface area (Å²) in [5.41, 5.74) is 0.936. The standard InChI is InChI=1S/C18H17ClF3N5O2S/c1-7-4-5-9-10(6-7)30-16-11(9)17(29)27(8(2)23-16)25-15(28)13-12(19)14(18(20,21)22)24-26(13)3/h7H,4-6H2,1-3H3,(H,25,28)/t7-/m1/s1. The summed E-state index contributed by atoms with van der Waals surface area (Å²) < 4.78 is 40.8. The third-order valence-electron chi connectivity index (χ3n) is 5.18. The van der Waals surface area contributed by atoms with Crippen molar-refractivity contribution in [2.75, 3.05) is 5.43 Å². The van der Waals surface area contributed by atoms with Gasteiger partial charge in [-0.2, -0.15) is 18.3 Å².